The molecular formula is C12H11N3O. The van der Waals surface area contributed by atoms with E-state index in [2.05, 4.69) is 15.0 Å². The molecular weight excluding hydrogens is 202 g/mol. The van der Waals surface area contributed by atoms with Crippen LogP contribution in [0.5, 0.6) is 0 Å². The molecule has 0 aliphatic heterocycles. The first-order valence-corrected chi connectivity index (χ1v) is 4.93. The SMILES string of the molecule is Cc1nccc(C(=O)c2cnccc2C)n1. The Morgan fingerprint density at radius 3 is 2.69 bits per heavy atom. The summed E-state index contributed by atoms with van der Waals surface area (Å²) in [5.74, 6) is 0.475. The molecule has 0 aliphatic carbocycles. The van der Waals surface area contributed by atoms with Crippen LogP contribution in [-0.4, -0.2) is 20.7 Å². The lowest BCUT2D eigenvalue weighted by atomic mass is 10.1. The van der Waals surface area contributed by atoms with Crippen LogP contribution < -0.4 is 0 Å². The van der Waals surface area contributed by atoms with Crippen molar-refractivity contribution >= 4 is 5.78 Å². The molecule has 0 aromatic carbocycles. The van der Waals surface area contributed by atoms with Gasteiger partial charge in [0.15, 0.2) is 0 Å². The summed E-state index contributed by atoms with van der Waals surface area (Å²) >= 11 is 0. The second-order valence-electron chi connectivity index (χ2n) is 3.51. The fourth-order valence-electron chi connectivity index (χ4n) is 1.42. The van der Waals surface area contributed by atoms with E-state index in [0.29, 0.717) is 17.1 Å². The molecule has 4 heteroatoms. The summed E-state index contributed by atoms with van der Waals surface area (Å²) in [6.07, 6.45) is 4.81. The van der Waals surface area contributed by atoms with Gasteiger partial charge in [-0.2, -0.15) is 0 Å². The smallest absolute Gasteiger partial charge is 0.213 e. The third kappa shape index (κ3) is 1.95. The maximum atomic E-state index is 12.1. The standard InChI is InChI=1S/C12H11N3O/c1-8-3-5-13-7-10(8)12(16)11-4-6-14-9(2)15-11/h3-7H,1-2H3. The normalized spacial score (nSPS) is 10.1. The summed E-state index contributed by atoms with van der Waals surface area (Å²) in [5.41, 5.74) is 1.89. The van der Waals surface area contributed by atoms with Crippen molar-refractivity contribution in [3.63, 3.8) is 0 Å². The third-order valence-electron chi connectivity index (χ3n) is 2.29. The maximum absolute atomic E-state index is 12.1. The van der Waals surface area contributed by atoms with E-state index < -0.39 is 0 Å². The molecule has 0 fully saturated rings. The molecule has 0 amide bonds. The van der Waals surface area contributed by atoms with Gasteiger partial charge >= 0.3 is 0 Å². The number of aromatic nitrogens is 3. The molecule has 2 heterocycles. The Hall–Kier alpha value is -2.10. The maximum Gasteiger partial charge on any atom is 0.213 e. The minimum Gasteiger partial charge on any atom is -0.287 e. The lowest BCUT2D eigenvalue weighted by Gasteiger charge is -2.03. The highest BCUT2D eigenvalue weighted by molar-refractivity contribution is 6.08. The number of ketones is 1. The number of carbonyl (C=O) groups is 1. The van der Waals surface area contributed by atoms with Crippen LogP contribution >= 0.6 is 0 Å². The minimum atomic E-state index is -0.115. The van der Waals surface area contributed by atoms with E-state index in [1.54, 1.807) is 37.6 Å². The molecule has 0 aliphatic rings. The topological polar surface area (TPSA) is 55.7 Å². The summed E-state index contributed by atoms with van der Waals surface area (Å²) in [4.78, 5) is 24.1. The Kier molecular flexibility index (Phi) is 2.72. The molecule has 2 aromatic rings. The zero-order valence-electron chi connectivity index (χ0n) is 9.14. The number of aryl methyl sites for hydroxylation is 2. The molecule has 0 radical (unpaired) electrons. The van der Waals surface area contributed by atoms with Crippen LogP contribution in [0.25, 0.3) is 0 Å². The van der Waals surface area contributed by atoms with Gasteiger partial charge in [-0.15, -0.1) is 0 Å². The van der Waals surface area contributed by atoms with Gasteiger partial charge in [0.1, 0.15) is 11.5 Å². The van der Waals surface area contributed by atoms with Crippen molar-refractivity contribution in [1.82, 2.24) is 15.0 Å². The Morgan fingerprint density at radius 2 is 2.00 bits per heavy atom. The minimum absolute atomic E-state index is 0.115. The highest BCUT2D eigenvalue weighted by Crippen LogP contribution is 2.10. The van der Waals surface area contributed by atoms with Gasteiger partial charge in [-0.1, -0.05) is 0 Å². The van der Waals surface area contributed by atoms with Crippen molar-refractivity contribution in [2.75, 3.05) is 0 Å². The van der Waals surface area contributed by atoms with Crippen molar-refractivity contribution < 1.29 is 4.79 Å². The van der Waals surface area contributed by atoms with E-state index in [1.165, 1.54) is 0 Å². The van der Waals surface area contributed by atoms with E-state index in [4.69, 9.17) is 0 Å². The average molecular weight is 213 g/mol. The quantitative estimate of drug-likeness (QED) is 0.713. The predicted octanol–water partition coefficient (Wildman–Crippen LogP) is 1.72. The largest absolute Gasteiger partial charge is 0.287 e. The van der Waals surface area contributed by atoms with Gasteiger partial charge in [0.25, 0.3) is 0 Å². The second kappa shape index (κ2) is 4.18. The van der Waals surface area contributed by atoms with Crippen molar-refractivity contribution in [3.05, 3.63) is 53.4 Å². The average Bonchev–Trinajstić information content (AvgIpc) is 2.29. The van der Waals surface area contributed by atoms with Crippen LogP contribution in [0, 0.1) is 13.8 Å². The molecule has 2 aromatic heterocycles. The molecule has 0 N–H and O–H groups in total. The van der Waals surface area contributed by atoms with E-state index >= 15 is 0 Å². The Morgan fingerprint density at radius 1 is 1.19 bits per heavy atom. The molecule has 0 unspecified atom stereocenters. The van der Waals surface area contributed by atoms with Crippen molar-refractivity contribution in [3.8, 4) is 0 Å². The van der Waals surface area contributed by atoms with Gasteiger partial charge in [0.05, 0.1) is 0 Å². The summed E-state index contributed by atoms with van der Waals surface area (Å²) in [6, 6.07) is 3.42. The zero-order valence-corrected chi connectivity index (χ0v) is 9.14. The fraction of sp³-hybridized carbons (Fsp3) is 0.167. The van der Waals surface area contributed by atoms with E-state index in [0.717, 1.165) is 5.56 Å². The zero-order chi connectivity index (χ0) is 11.5. The van der Waals surface area contributed by atoms with Gasteiger partial charge in [-0.05, 0) is 31.5 Å². The van der Waals surface area contributed by atoms with Crippen LogP contribution in [-0.2, 0) is 0 Å². The lowest BCUT2D eigenvalue weighted by Crippen LogP contribution is -2.07. The van der Waals surface area contributed by atoms with Crippen molar-refractivity contribution in [2.24, 2.45) is 0 Å². The van der Waals surface area contributed by atoms with Crippen LogP contribution in [0.15, 0.2) is 30.7 Å². The summed E-state index contributed by atoms with van der Waals surface area (Å²) in [7, 11) is 0. The molecule has 4 nitrogen and oxygen atoms in total. The Balaban J connectivity index is 2.44. The van der Waals surface area contributed by atoms with E-state index in [9.17, 15) is 4.79 Å². The molecule has 2 rings (SSSR count). The van der Waals surface area contributed by atoms with Crippen LogP contribution in [0.1, 0.15) is 27.4 Å². The van der Waals surface area contributed by atoms with E-state index in [1.807, 2.05) is 6.92 Å². The molecule has 0 spiro atoms. The highest BCUT2D eigenvalue weighted by Gasteiger charge is 2.13. The van der Waals surface area contributed by atoms with Gasteiger partial charge in [0.2, 0.25) is 5.78 Å². The van der Waals surface area contributed by atoms with Crippen LogP contribution in [0.4, 0.5) is 0 Å². The van der Waals surface area contributed by atoms with Crippen molar-refractivity contribution in [2.45, 2.75) is 13.8 Å². The first-order chi connectivity index (χ1) is 7.68. The van der Waals surface area contributed by atoms with Crippen LogP contribution in [0.2, 0.25) is 0 Å². The summed E-state index contributed by atoms with van der Waals surface area (Å²) < 4.78 is 0. The van der Waals surface area contributed by atoms with Crippen molar-refractivity contribution in [1.29, 1.82) is 0 Å². The third-order valence-corrected chi connectivity index (χ3v) is 2.29. The van der Waals surface area contributed by atoms with Gasteiger partial charge in [0, 0.05) is 24.2 Å². The Labute approximate surface area is 93.4 Å². The summed E-state index contributed by atoms with van der Waals surface area (Å²) in [5, 5.41) is 0. The molecule has 0 saturated carbocycles. The number of nitrogens with zero attached hydrogens (tertiary/aromatic N) is 3. The molecule has 0 bridgehead atoms. The first-order valence-electron chi connectivity index (χ1n) is 4.93. The molecule has 80 valence electrons. The predicted molar refractivity (Wildman–Crippen MR) is 59.2 cm³/mol. The summed E-state index contributed by atoms with van der Waals surface area (Å²) in [6.45, 7) is 3.63. The number of carbonyl (C=O) groups excluding carboxylic acids is 1. The molecule has 0 saturated heterocycles. The first kappa shape index (κ1) is 10.4. The van der Waals surface area contributed by atoms with Gasteiger partial charge < -0.3 is 0 Å². The number of pyridine rings is 1. The number of rotatable bonds is 2. The highest BCUT2D eigenvalue weighted by atomic mass is 16.1. The van der Waals surface area contributed by atoms with Crippen LogP contribution in [0.3, 0.4) is 0 Å². The number of hydrogen-bond donors (Lipinski definition) is 0. The Bertz CT molecular complexity index is 537. The van der Waals surface area contributed by atoms with Gasteiger partial charge in [-0.3, -0.25) is 9.78 Å². The molecule has 16 heavy (non-hydrogen) atoms. The molecule has 0 atom stereocenters. The van der Waals surface area contributed by atoms with E-state index in [-0.39, 0.29) is 5.78 Å². The lowest BCUT2D eigenvalue weighted by molar-refractivity contribution is 0.103. The fourth-order valence-corrected chi connectivity index (χ4v) is 1.42. The number of hydrogen-bond acceptors (Lipinski definition) is 4. The van der Waals surface area contributed by atoms with Gasteiger partial charge in [-0.25, -0.2) is 9.97 Å². The monoisotopic (exact) mass is 213 g/mol. The second-order valence-corrected chi connectivity index (χ2v) is 3.51.